The van der Waals surface area contributed by atoms with E-state index in [0.717, 1.165) is 78.0 Å². The van der Waals surface area contributed by atoms with Crippen LogP contribution in [0.1, 0.15) is 111 Å². The summed E-state index contributed by atoms with van der Waals surface area (Å²) in [6.07, 6.45) is 1.91. The van der Waals surface area contributed by atoms with Gasteiger partial charge >= 0.3 is 0 Å². The van der Waals surface area contributed by atoms with E-state index in [2.05, 4.69) is 222 Å². The molecular formula is C59H63N3O. The van der Waals surface area contributed by atoms with Crippen LogP contribution in [0.2, 0.25) is 0 Å². The summed E-state index contributed by atoms with van der Waals surface area (Å²) >= 11 is 0. The van der Waals surface area contributed by atoms with Crippen molar-refractivity contribution in [1.82, 2.24) is 14.5 Å². The first-order valence-corrected chi connectivity index (χ1v) is 22.4. The number of aromatic hydroxyl groups is 1. The lowest BCUT2D eigenvalue weighted by molar-refractivity contribution is 0.446. The lowest BCUT2D eigenvalue weighted by Crippen LogP contribution is -2.17. The first-order chi connectivity index (χ1) is 29.6. The van der Waals surface area contributed by atoms with Gasteiger partial charge in [0, 0.05) is 28.5 Å². The van der Waals surface area contributed by atoms with Crippen molar-refractivity contribution < 1.29 is 5.11 Å². The zero-order valence-corrected chi connectivity index (χ0v) is 39.6. The van der Waals surface area contributed by atoms with Crippen LogP contribution in [-0.2, 0) is 21.7 Å². The Morgan fingerprint density at radius 2 is 1.11 bits per heavy atom. The lowest BCUT2D eigenvalue weighted by Gasteiger charge is -2.27. The molecule has 320 valence electrons. The van der Waals surface area contributed by atoms with Crippen LogP contribution in [0.5, 0.6) is 5.75 Å². The number of nitrogens with zero attached hydrogens (tertiary/aromatic N) is 3. The Balaban J connectivity index is 1.44. The SMILES string of the molecule is Cc1ccc(-n2c(-c3cc(C(C)(C)C)cc(C(C)(C)C)c3O)nc3c(-c4cc(-c5cc(-c6ccccc6)ccn5)cc(C(C)(C)C)c4)cccc32)c(-c2ccc(C(C)(C)C)cc2)c1. The van der Waals surface area contributed by atoms with Crippen molar-refractivity contribution in [3.63, 3.8) is 0 Å². The first kappa shape index (κ1) is 43.4. The molecule has 0 aliphatic carbocycles. The van der Waals surface area contributed by atoms with Gasteiger partial charge in [0.25, 0.3) is 0 Å². The van der Waals surface area contributed by atoms with Gasteiger partial charge in [-0.3, -0.25) is 9.55 Å². The molecule has 0 bridgehead atoms. The monoisotopic (exact) mass is 829 g/mol. The van der Waals surface area contributed by atoms with Gasteiger partial charge in [-0.15, -0.1) is 0 Å². The molecule has 4 heteroatoms. The molecule has 4 nitrogen and oxygen atoms in total. The molecule has 0 saturated carbocycles. The molecule has 0 amide bonds. The van der Waals surface area contributed by atoms with E-state index in [1.54, 1.807) is 0 Å². The molecule has 0 aliphatic rings. The Labute approximate surface area is 375 Å². The molecule has 0 fully saturated rings. The molecule has 2 heterocycles. The minimum atomic E-state index is -0.318. The van der Waals surface area contributed by atoms with Crippen LogP contribution in [-0.4, -0.2) is 19.6 Å². The Morgan fingerprint density at radius 3 is 1.76 bits per heavy atom. The zero-order chi connectivity index (χ0) is 45.2. The van der Waals surface area contributed by atoms with Crippen molar-refractivity contribution in [3.8, 4) is 67.5 Å². The maximum atomic E-state index is 12.5. The second-order valence-electron chi connectivity index (χ2n) is 21.6. The van der Waals surface area contributed by atoms with Gasteiger partial charge in [-0.05, 0) is 116 Å². The van der Waals surface area contributed by atoms with Crippen LogP contribution in [0.3, 0.4) is 0 Å². The van der Waals surface area contributed by atoms with Crippen LogP contribution in [0.15, 0.2) is 140 Å². The number of rotatable bonds is 6. The van der Waals surface area contributed by atoms with Crippen LogP contribution < -0.4 is 0 Å². The molecule has 0 saturated heterocycles. The predicted octanol–water partition coefficient (Wildman–Crippen LogP) is 16.0. The van der Waals surface area contributed by atoms with Crippen LogP contribution in [0, 0.1) is 6.92 Å². The van der Waals surface area contributed by atoms with E-state index in [-0.39, 0.29) is 27.4 Å². The molecule has 0 radical (unpaired) electrons. The number of hydrogen-bond donors (Lipinski definition) is 1. The van der Waals surface area contributed by atoms with E-state index >= 15 is 0 Å². The normalized spacial score (nSPS) is 12.6. The molecule has 1 N–H and O–H groups in total. The molecule has 6 aromatic carbocycles. The highest BCUT2D eigenvalue weighted by Crippen LogP contribution is 2.46. The molecule has 0 unspecified atom stereocenters. The summed E-state index contributed by atoms with van der Waals surface area (Å²) in [5.41, 5.74) is 17.2. The number of imidazole rings is 1. The third kappa shape index (κ3) is 8.61. The van der Waals surface area contributed by atoms with Gasteiger partial charge in [-0.1, -0.05) is 174 Å². The van der Waals surface area contributed by atoms with Crippen molar-refractivity contribution >= 4 is 11.0 Å². The van der Waals surface area contributed by atoms with Crippen LogP contribution in [0.25, 0.3) is 72.7 Å². The number of phenols is 1. The molecule has 2 aromatic heterocycles. The molecule has 0 aliphatic heterocycles. The molecule has 0 spiro atoms. The molecule has 8 rings (SSSR count). The summed E-state index contributed by atoms with van der Waals surface area (Å²) < 4.78 is 2.29. The highest BCUT2D eigenvalue weighted by molar-refractivity contribution is 5.98. The molecule has 63 heavy (non-hydrogen) atoms. The second kappa shape index (κ2) is 15.8. The van der Waals surface area contributed by atoms with E-state index in [9.17, 15) is 5.11 Å². The summed E-state index contributed by atoms with van der Waals surface area (Å²) in [5.74, 6) is 0.963. The smallest absolute Gasteiger partial charge is 0.149 e. The fraction of sp³-hybridized carbons (Fsp3) is 0.288. The molecule has 8 aromatic rings. The number of para-hydroxylation sites is 1. The van der Waals surface area contributed by atoms with Gasteiger partial charge in [0.15, 0.2) is 0 Å². The van der Waals surface area contributed by atoms with E-state index in [1.165, 1.54) is 16.7 Å². The third-order valence-corrected chi connectivity index (χ3v) is 12.4. The average molecular weight is 830 g/mol. The van der Waals surface area contributed by atoms with Gasteiger partial charge in [0.1, 0.15) is 11.6 Å². The summed E-state index contributed by atoms with van der Waals surface area (Å²) in [4.78, 5) is 10.6. The van der Waals surface area contributed by atoms with Crippen molar-refractivity contribution in [2.75, 3.05) is 0 Å². The van der Waals surface area contributed by atoms with Crippen LogP contribution in [0.4, 0.5) is 0 Å². The quantitative estimate of drug-likeness (QED) is 0.182. The number of aryl methyl sites for hydroxylation is 1. The van der Waals surface area contributed by atoms with Crippen LogP contribution >= 0.6 is 0 Å². The van der Waals surface area contributed by atoms with E-state index < -0.39 is 0 Å². The van der Waals surface area contributed by atoms with E-state index in [1.807, 2.05) is 12.3 Å². The maximum Gasteiger partial charge on any atom is 0.149 e. The van der Waals surface area contributed by atoms with Crippen molar-refractivity contribution in [3.05, 3.63) is 167 Å². The van der Waals surface area contributed by atoms with Gasteiger partial charge in [0.2, 0.25) is 0 Å². The van der Waals surface area contributed by atoms with Gasteiger partial charge < -0.3 is 5.11 Å². The number of phenolic OH excluding ortho intramolecular Hbond substituents is 1. The Hall–Kier alpha value is -6.26. The fourth-order valence-electron chi connectivity index (χ4n) is 8.55. The fourth-order valence-corrected chi connectivity index (χ4v) is 8.55. The van der Waals surface area contributed by atoms with E-state index in [0.29, 0.717) is 5.82 Å². The zero-order valence-electron chi connectivity index (χ0n) is 39.6. The summed E-state index contributed by atoms with van der Waals surface area (Å²) in [6, 6.07) is 48.2. The third-order valence-electron chi connectivity index (χ3n) is 12.4. The average Bonchev–Trinajstić information content (AvgIpc) is 3.62. The topological polar surface area (TPSA) is 50.9 Å². The number of fused-ring (bicyclic) bond motifs is 1. The largest absolute Gasteiger partial charge is 0.507 e. The van der Waals surface area contributed by atoms with Crippen molar-refractivity contribution in [1.29, 1.82) is 0 Å². The minimum absolute atomic E-state index is 0.0311. The summed E-state index contributed by atoms with van der Waals surface area (Å²) in [6.45, 7) is 28.9. The van der Waals surface area contributed by atoms with Gasteiger partial charge in [-0.25, -0.2) is 4.98 Å². The highest BCUT2D eigenvalue weighted by Gasteiger charge is 2.30. The predicted molar refractivity (Wildman–Crippen MR) is 267 cm³/mol. The molecular weight excluding hydrogens is 767 g/mol. The Bertz CT molecular complexity index is 2980. The lowest BCUT2D eigenvalue weighted by atomic mass is 9.79. The maximum absolute atomic E-state index is 12.5. The number of aromatic nitrogens is 3. The van der Waals surface area contributed by atoms with Crippen molar-refractivity contribution in [2.24, 2.45) is 0 Å². The minimum Gasteiger partial charge on any atom is -0.507 e. The first-order valence-electron chi connectivity index (χ1n) is 22.4. The number of pyridine rings is 1. The summed E-state index contributed by atoms with van der Waals surface area (Å²) in [5, 5.41) is 12.5. The van der Waals surface area contributed by atoms with Gasteiger partial charge in [0.05, 0.1) is 28.0 Å². The van der Waals surface area contributed by atoms with E-state index in [4.69, 9.17) is 9.97 Å². The van der Waals surface area contributed by atoms with Gasteiger partial charge in [-0.2, -0.15) is 0 Å². The second-order valence-corrected chi connectivity index (χ2v) is 21.6. The number of hydrogen-bond acceptors (Lipinski definition) is 3. The molecule has 0 atom stereocenters. The number of benzene rings is 6. The standard InChI is InChI=1S/C59H63N3O/c1-37-22-27-51(47(30-37)39-23-25-43(26-24-39)56(2,3)4)62-52-21-17-20-46(53(52)61-55(62)48-35-45(58(8,9)10)36-49(54(48)63)59(11,12)13)41-31-42(33-44(32-41)57(5,6)7)50-34-40(28-29-60-50)38-18-15-14-16-19-38/h14-36,63H,1-13H3. The highest BCUT2D eigenvalue weighted by atomic mass is 16.3. The summed E-state index contributed by atoms with van der Waals surface area (Å²) in [7, 11) is 0. The van der Waals surface area contributed by atoms with Crippen molar-refractivity contribution in [2.45, 2.75) is 112 Å². The Morgan fingerprint density at radius 1 is 0.460 bits per heavy atom. The Kier molecular flexibility index (Phi) is 10.9.